The lowest BCUT2D eigenvalue weighted by Gasteiger charge is -2.22. The van der Waals surface area contributed by atoms with Gasteiger partial charge in [0.05, 0.1) is 18.6 Å². The van der Waals surface area contributed by atoms with Crippen LogP contribution in [0.25, 0.3) is 0 Å². The summed E-state index contributed by atoms with van der Waals surface area (Å²) in [5.74, 6) is -0.530. The van der Waals surface area contributed by atoms with Crippen LogP contribution in [0, 0.1) is 0 Å². The van der Waals surface area contributed by atoms with Crippen LogP contribution in [-0.4, -0.2) is 63.4 Å². The maximum Gasteiger partial charge on any atom is 0.264 e. The number of carbonyl (C=O) groups is 2. The quantitative estimate of drug-likeness (QED) is 0.612. The van der Waals surface area contributed by atoms with E-state index in [2.05, 4.69) is 5.32 Å². The van der Waals surface area contributed by atoms with E-state index in [1.807, 2.05) is 13.8 Å². The van der Waals surface area contributed by atoms with Gasteiger partial charge in [0.25, 0.3) is 15.9 Å². The molecule has 0 saturated heterocycles. The summed E-state index contributed by atoms with van der Waals surface area (Å²) >= 11 is 0. The summed E-state index contributed by atoms with van der Waals surface area (Å²) in [7, 11) is -1.23. The van der Waals surface area contributed by atoms with Gasteiger partial charge in [-0.05, 0) is 37.1 Å². The largest absolute Gasteiger partial charge is 0.355 e. The van der Waals surface area contributed by atoms with E-state index < -0.39 is 10.0 Å². The Hall–Kier alpha value is -1.97. The lowest BCUT2D eigenvalue weighted by atomic mass is 10.2. The molecule has 0 radical (unpaired) electrons. The number of hydroxylamine groups is 1. The van der Waals surface area contributed by atoms with Gasteiger partial charge in [0.15, 0.2) is 0 Å². The van der Waals surface area contributed by atoms with Gasteiger partial charge in [0.2, 0.25) is 5.91 Å². The van der Waals surface area contributed by atoms with Gasteiger partial charge in [-0.3, -0.25) is 14.4 Å². The third kappa shape index (κ3) is 5.79. The predicted molar refractivity (Wildman–Crippen MR) is 97.9 cm³/mol. The number of hydrogen-bond acceptors (Lipinski definition) is 5. The number of rotatable bonds is 10. The van der Waals surface area contributed by atoms with Crippen molar-refractivity contribution in [2.24, 2.45) is 0 Å². The van der Waals surface area contributed by atoms with Crippen molar-refractivity contribution in [2.75, 3.05) is 33.8 Å². The fourth-order valence-electron chi connectivity index (χ4n) is 2.21. The van der Waals surface area contributed by atoms with Gasteiger partial charge in [-0.25, -0.2) is 8.42 Å². The van der Waals surface area contributed by atoms with E-state index >= 15 is 0 Å². The third-order valence-electron chi connectivity index (χ3n) is 3.68. The molecule has 0 aliphatic heterocycles. The van der Waals surface area contributed by atoms with Crippen LogP contribution in [0.4, 0.5) is 0 Å². The normalized spacial score (nSPS) is 11.4. The van der Waals surface area contributed by atoms with Crippen molar-refractivity contribution in [1.82, 2.24) is 14.7 Å². The number of nitrogens with one attached hydrogen (secondary N) is 1. The van der Waals surface area contributed by atoms with Crippen LogP contribution in [-0.2, 0) is 19.7 Å². The molecule has 8 nitrogen and oxygen atoms in total. The number of carbonyl (C=O) groups excluding carboxylic acids is 2. The fourth-order valence-corrected chi connectivity index (χ4v) is 3.19. The second-order valence-electron chi connectivity index (χ2n) is 5.70. The van der Waals surface area contributed by atoms with Crippen molar-refractivity contribution < 1.29 is 22.8 Å². The van der Waals surface area contributed by atoms with Crippen LogP contribution < -0.4 is 5.32 Å². The number of amides is 2. The van der Waals surface area contributed by atoms with Gasteiger partial charge in [-0.15, -0.1) is 0 Å². The van der Waals surface area contributed by atoms with Crippen molar-refractivity contribution in [3.63, 3.8) is 0 Å². The first-order chi connectivity index (χ1) is 12.3. The zero-order valence-corrected chi connectivity index (χ0v) is 16.5. The average Bonchev–Trinajstić information content (AvgIpc) is 2.64. The average molecular weight is 385 g/mol. The lowest BCUT2D eigenvalue weighted by molar-refractivity contribution is -0.121. The molecule has 9 heteroatoms. The molecular formula is C17H27N3O5S. The molecule has 0 heterocycles. The highest BCUT2D eigenvalue weighted by atomic mass is 32.2. The molecule has 1 aromatic rings. The number of benzene rings is 1. The SMILES string of the molecule is CCCNC(=O)CN(CCC)C(=O)c1ccc(S(=O)(=O)N(C)OC)cc1. The van der Waals surface area contributed by atoms with Gasteiger partial charge in [-0.2, -0.15) is 0 Å². The van der Waals surface area contributed by atoms with Crippen molar-refractivity contribution in [3.8, 4) is 0 Å². The highest BCUT2D eigenvalue weighted by molar-refractivity contribution is 7.89. The van der Waals surface area contributed by atoms with E-state index in [-0.39, 0.29) is 23.3 Å². The topological polar surface area (TPSA) is 96.0 Å². The first-order valence-corrected chi connectivity index (χ1v) is 9.91. The molecular weight excluding hydrogens is 358 g/mol. The second-order valence-corrected chi connectivity index (χ2v) is 7.63. The molecule has 0 aliphatic rings. The van der Waals surface area contributed by atoms with Gasteiger partial charge in [0, 0.05) is 25.7 Å². The Morgan fingerprint density at radius 3 is 2.23 bits per heavy atom. The van der Waals surface area contributed by atoms with E-state index in [0.717, 1.165) is 10.9 Å². The van der Waals surface area contributed by atoms with Gasteiger partial charge < -0.3 is 10.2 Å². The van der Waals surface area contributed by atoms with Crippen molar-refractivity contribution >= 4 is 21.8 Å². The molecule has 0 aromatic heterocycles. The Balaban J connectivity index is 2.94. The zero-order chi connectivity index (χ0) is 19.7. The highest BCUT2D eigenvalue weighted by Crippen LogP contribution is 2.16. The molecule has 0 atom stereocenters. The standard InChI is InChI=1S/C17H27N3O5S/c1-5-11-18-16(21)13-20(12-6-2)17(22)14-7-9-15(10-8-14)26(23,24)19(3)25-4/h7-10H,5-6,11-13H2,1-4H3,(H,18,21). The summed E-state index contributed by atoms with van der Waals surface area (Å²) in [6, 6.07) is 5.56. The highest BCUT2D eigenvalue weighted by Gasteiger charge is 2.22. The maximum absolute atomic E-state index is 12.7. The molecule has 2 amide bonds. The molecule has 146 valence electrons. The zero-order valence-electron chi connectivity index (χ0n) is 15.7. The Morgan fingerprint density at radius 1 is 1.12 bits per heavy atom. The molecule has 0 fully saturated rings. The van der Waals surface area contributed by atoms with Crippen LogP contribution in [0.2, 0.25) is 0 Å². The van der Waals surface area contributed by atoms with Crippen LogP contribution >= 0.6 is 0 Å². The van der Waals surface area contributed by atoms with Crippen molar-refractivity contribution in [3.05, 3.63) is 29.8 Å². The van der Waals surface area contributed by atoms with E-state index in [1.54, 1.807) is 0 Å². The van der Waals surface area contributed by atoms with Gasteiger partial charge in [0.1, 0.15) is 0 Å². The molecule has 1 aromatic carbocycles. The molecule has 0 unspecified atom stereocenters. The first-order valence-electron chi connectivity index (χ1n) is 8.47. The molecule has 0 bridgehead atoms. The third-order valence-corrected chi connectivity index (χ3v) is 5.38. The van der Waals surface area contributed by atoms with Gasteiger partial charge in [-0.1, -0.05) is 18.3 Å². The number of hydrogen-bond donors (Lipinski definition) is 1. The van der Waals surface area contributed by atoms with Crippen molar-refractivity contribution in [1.29, 1.82) is 0 Å². The summed E-state index contributed by atoms with van der Waals surface area (Å²) in [6.07, 6.45) is 1.53. The maximum atomic E-state index is 12.7. The molecule has 0 spiro atoms. The van der Waals surface area contributed by atoms with Crippen LogP contribution in [0.1, 0.15) is 37.0 Å². The van der Waals surface area contributed by atoms with Crippen LogP contribution in [0.15, 0.2) is 29.2 Å². The van der Waals surface area contributed by atoms with Crippen molar-refractivity contribution in [2.45, 2.75) is 31.6 Å². The summed E-state index contributed by atoms with van der Waals surface area (Å²) in [5, 5.41) is 2.74. The Labute approximate surface area is 155 Å². The summed E-state index contributed by atoms with van der Waals surface area (Å²) in [5.41, 5.74) is 0.320. The monoisotopic (exact) mass is 385 g/mol. The fraction of sp³-hybridized carbons (Fsp3) is 0.529. The summed E-state index contributed by atoms with van der Waals surface area (Å²) < 4.78 is 25.1. The second kappa shape index (κ2) is 10.2. The van der Waals surface area contributed by atoms with Crippen LogP contribution in [0.3, 0.4) is 0 Å². The van der Waals surface area contributed by atoms with E-state index in [4.69, 9.17) is 4.84 Å². The Kier molecular flexibility index (Phi) is 8.70. The number of sulfonamides is 1. The smallest absolute Gasteiger partial charge is 0.264 e. The first kappa shape index (κ1) is 22.1. The lowest BCUT2D eigenvalue weighted by Crippen LogP contribution is -2.41. The summed E-state index contributed by atoms with van der Waals surface area (Å²) in [6.45, 7) is 4.84. The molecule has 1 N–H and O–H groups in total. The van der Waals surface area contributed by atoms with Crippen LogP contribution in [0.5, 0.6) is 0 Å². The number of nitrogens with zero attached hydrogens (tertiary/aromatic N) is 2. The molecule has 26 heavy (non-hydrogen) atoms. The van der Waals surface area contributed by atoms with Gasteiger partial charge >= 0.3 is 0 Å². The minimum absolute atomic E-state index is 0.0149. The minimum Gasteiger partial charge on any atom is -0.355 e. The molecule has 1 rings (SSSR count). The van der Waals surface area contributed by atoms with E-state index in [0.29, 0.717) is 25.1 Å². The predicted octanol–water partition coefficient (Wildman–Crippen LogP) is 1.25. The Bertz CT molecular complexity index is 704. The minimum atomic E-state index is -3.77. The van der Waals surface area contributed by atoms with E-state index in [9.17, 15) is 18.0 Å². The molecule has 0 aliphatic carbocycles. The summed E-state index contributed by atoms with van der Waals surface area (Å²) in [4.78, 5) is 30.8. The Morgan fingerprint density at radius 2 is 1.73 bits per heavy atom. The molecule has 0 saturated carbocycles. The van der Waals surface area contributed by atoms with E-state index in [1.165, 1.54) is 43.3 Å².